The van der Waals surface area contributed by atoms with Crippen molar-refractivity contribution in [3.05, 3.63) is 53.6 Å². The van der Waals surface area contributed by atoms with E-state index in [1.807, 2.05) is 6.20 Å². The number of imidazole rings is 1. The Hall–Kier alpha value is -1.65. The topological polar surface area (TPSA) is 66.7 Å². The summed E-state index contributed by atoms with van der Waals surface area (Å²) in [4.78, 5) is 7.43. The van der Waals surface area contributed by atoms with E-state index in [2.05, 4.69) is 46.5 Å². The lowest BCUT2D eigenvalue weighted by molar-refractivity contribution is 0.435. The van der Waals surface area contributed by atoms with E-state index < -0.39 is 0 Å². The van der Waals surface area contributed by atoms with Crippen LogP contribution in [0, 0.1) is 0 Å². The van der Waals surface area contributed by atoms with E-state index in [1.165, 1.54) is 11.1 Å². The number of H-pyrrole nitrogens is 1. The molecule has 0 bridgehead atoms. The monoisotopic (exact) mass is 242 g/mol. The normalized spacial score (nSPS) is 23.9. The first-order chi connectivity index (χ1) is 8.75. The number of fused-ring (bicyclic) bond motifs is 1. The van der Waals surface area contributed by atoms with Crippen LogP contribution in [-0.4, -0.2) is 9.97 Å². The smallest absolute Gasteiger partial charge is 0.122 e. The van der Waals surface area contributed by atoms with Crippen molar-refractivity contribution in [3.63, 3.8) is 0 Å². The van der Waals surface area contributed by atoms with Crippen LogP contribution in [0.1, 0.15) is 48.4 Å². The van der Waals surface area contributed by atoms with Crippen molar-refractivity contribution in [2.75, 3.05) is 0 Å². The Bertz CT molecular complexity index is 520. The zero-order valence-electron chi connectivity index (χ0n) is 10.4. The van der Waals surface area contributed by atoms with Crippen LogP contribution in [0.15, 0.2) is 36.7 Å². The lowest BCUT2D eigenvalue weighted by atomic mass is 10.1. The first-order valence-electron chi connectivity index (χ1n) is 6.35. The van der Waals surface area contributed by atoms with E-state index in [0.29, 0.717) is 6.04 Å². The molecule has 0 amide bonds. The minimum atomic E-state index is 0.141. The molecular formula is C14H18N4. The van der Waals surface area contributed by atoms with Crippen LogP contribution in [0.2, 0.25) is 0 Å². The zero-order chi connectivity index (χ0) is 12.5. The standard InChI is InChI=1S/C14H18N4/c1-9(14-16-6-7-17-14)18-13-8-12(15)10-4-2-3-5-11(10)13/h2-7,9,12-13,18H,8,15H2,1H3,(H,16,17). The summed E-state index contributed by atoms with van der Waals surface area (Å²) in [5.41, 5.74) is 8.76. The minimum Gasteiger partial charge on any atom is -0.347 e. The summed E-state index contributed by atoms with van der Waals surface area (Å²) in [5.74, 6) is 0.966. The van der Waals surface area contributed by atoms with Crippen molar-refractivity contribution < 1.29 is 0 Å². The molecule has 4 nitrogen and oxygen atoms in total. The Balaban J connectivity index is 1.79. The number of rotatable bonds is 3. The highest BCUT2D eigenvalue weighted by atomic mass is 15.0. The SMILES string of the molecule is CC(NC1CC(N)c2ccccc21)c1ncc[nH]1. The summed E-state index contributed by atoms with van der Waals surface area (Å²) < 4.78 is 0. The van der Waals surface area contributed by atoms with Gasteiger partial charge in [-0.1, -0.05) is 24.3 Å². The molecule has 3 unspecified atom stereocenters. The summed E-state index contributed by atoms with van der Waals surface area (Å²) in [6.45, 7) is 2.12. The number of nitrogens with zero attached hydrogens (tertiary/aromatic N) is 1. The fourth-order valence-corrected chi connectivity index (χ4v) is 2.73. The van der Waals surface area contributed by atoms with Crippen LogP contribution in [0.3, 0.4) is 0 Å². The van der Waals surface area contributed by atoms with Gasteiger partial charge >= 0.3 is 0 Å². The lowest BCUT2D eigenvalue weighted by Gasteiger charge is -2.18. The Morgan fingerprint density at radius 2 is 2.17 bits per heavy atom. The molecular weight excluding hydrogens is 224 g/mol. The summed E-state index contributed by atoms with van der Waals surface area (Å²) in [7, 11) is 0. The summed E-state index contributed by atoms with van der Waals surface area (Å²) in [6.07, 6.45) is 4.58. The lowest BCUT2D eigenvalue weighted by Crippen LogP contribution is -2.24. The van der Waals surface area contributed by atoms with Gasteiger partial charge in [0.2, 0.25) is 0 Å². The maximum absolute atomic E-state index is 6.17. The molecule has 0 aliphatic heterocycles. The van der Waals surface area contributed by atoms with E-state index in [4.69, 9.17) is 5.73 Å². The molecule has 0 radical (unpaired) electrons. The molecule has 0 fully saturated rings. The molecule has 1 aromatic heterocycles. The van der Waals surface area contributed by atoms with E-state index >= 15 is 0 Å². The third kappa shape index (κ3) is 1.94. The van der Waals surface area contributed by atoms with E-state index in [0.717, 1.165) is 12.2 Å². The maximum Gasteiger partial charge on any atom is 0.122 e. The number of aromatic nitrogens is 2. The summed E-state index contributed by atoms with van der Waals surface area (Å²) in [6, 6.07) is 9.07. The van der Waals surface area contributed by atoms with Crippen molar-refractivity contribution in [1.29, 1.82) is 0 Å². The van der Waals surface area contributed by atoms with Crippen LogP contribution < -0.4 is 11.1 Å². The third-order valence-corrected chi connectivity index (χ3v) is 3.64. The van der Waals surface area contributed by atoms with Crippen molar-refractivity contribution in [2.24, 2.45) is 5.73 Å². The van der Waals surface area contributed by atoms with Gasteiger partial charge in [0.15, 0.2) is 0 Å². The van der Waals surface area contributed by atoms with Crippen molar-refractivity contribution in [1.82, 2.24) is 15.3 Å². The number of hydrogen-bond acceptors (Lipinski definition) is 3. The Morgan fingerprint density at radius 1 is 1.39 bits per heavy atom. The van der Waals surface area contributed by atoms with Gasteiger partial charge < -0.3 is 16.0 Å². The molecule has 1 aromatic carbocycles. The van der Waals surface area contributed by atoms with E-state index in [9.17, 15) is 0 Å². The highest BCUT2D eigenvalue weighted by Crippen LogP contribution is 2.37. The largest absolute Gasteiger partial charge is 0.347 e. The van der Waals surface area contributed by atoms with Gasteiger partial charge in [0, 0.05) is 24.5 Å². The van der Waals surface area contributed by atoms with Crippen molar-refractivity contribution >= 4 is 0 Å². The van der Waals surface area contributed by atoms with Crippen molar-refractivity contribution in [3.8, 4) is 0 Å². The van der Waals surface area contributed by atoms with Crippen LogP contribution in [0.4, 0.5) is 0 Å². The average molecular weight is 242 g/mol. The van der Waals surface area contributed by atoms with Gasteiger partial charge in [-0.3, -0.25) is 0 Å². The molecule has 18 heavy (non-hydrogen) atoms. The highest BCUT2D eigenvalue weighted by molar-refractivity contribution is 5.37. The van der Waals surface area contributed by atoms with Gasteiger partial charge in [-0.2, -0.15) is 0 Å². The first-order valence-corrected chi connectivity index (χ1v) is 6.35. The van der Waals surface area contributed by atoms with Gasteiger partial charge in [0.1, 0.15) is 5.82 Å². The number of aromatic amines is 1. The van der Waals surface area contributed by atoms with E-state index in [-0.39, 0.29) is 12.1 Å². The molecule has 0 spiro atoms. The highest BCUT2D eigenvalue weighted by Gasteiger charge is 2.29. The van der Waals surface area contributed by atoms with Gasteiger partial charge in [0.05, 0.1) is 6.04 Å². The summed E-state index contributed by atoms with van der Waals surface area (Å²) in [5, 5.41) is 3.59. The van der Waals surface area contributed by atoms with Gasteiger partial charge in [-0.25, -0.2) is 4.98 Å². The Kier molecular flexibility index (Phi) is 2.89. The summed E-state index contributed by atoms with van der Waals surface area (Å²) >= 11 is 0. The van der Waals surface area contributed by atoms with Crippen LogP contribution in [-0.2, 0) is 0 Å². The van der Waals surface area contributed by atoms with Gasteiger partial charge in [-0.05, 0) is 24.5 Å². The Morgan fingerprint density at radius 3 is 2.89 bits per heavy atom. The van der Waals surface area contributed by atoms with Crippen LogP contribution >= 0.6 is 0 Å². The molecule has 4 heteroatoms. The fourth-order valence-electron chi connectivity index (χ4n) is 2.73. The zero-order valence-corrected chi connectivity index (χ0v) is 10.4. The van der Waals surface area contributed by atoms with Gasteiger partial charge in [-0.15, -0.1) is 0 Å². The molecule has 1 aliphatic carbocycles. The molecule has 3 rings (SSSR count). The van der Waals surface area contributed by atoms with Gasteiger partial charge in [0.25, 0.3) is 0 Å². The number of hydrogen-bond donors (Lipinski definition) is 3. The van der Waals surface area contributed by atoms with Crippen molar-refractivity contribution in [2.45, 2.75) is 31.5 Å². The number of benzene rings is 1. The number of nitrogens with one attached hydrogen (secondary N) is 2. The van der Waals surface area contributed by atoms with E-state index in [1.54, 1.807) is 6.20 Å². The second-order valence-electron chi connectivity index (χ2n) is 4.89. The third-order valence-electron chi connectivity index (χ3n) is 3.64. The Labute approximate surface area is 107 Å². The molecule has 94 valence electrons. The molecule has 0 saturated heterocycles. The first kappa shape index (κ1) is 11.4. The van der Waals surface area contributed by atoms with Crippen LogP contribution in [0.5, 0.6) is 0 Å². The second kappa shape index (κ2) is 4.55. The second-order valence-corrected chi connectivity index (χ2v) is 4.89. The average Bonchev–Trinajstić information content (AvgIpc) is 3.00. The number of nitrogens with two attached hydrogens (primary N) is 1. The molecule has 4 N–H and O–H groups in total. The molecule has 1 heterocycles. The molecule has 3 atom stereocenters. The minimum absolute atomic E-state index is 0.141. The maximum atomic E-state index is 6.17. The molecule has 0 saturated carbocycles. The quantitative estimate of drug-likeness (QED) is 0.773. The van der Waals surface area contributed by atoms with Crippen LogP contribution in [0.25, 0.3) is 0 Å². The molecule has 2 aromatic rings. The molecule has 1 aliphatic rings. The predicted octanol–water partition coefficient (Wildman–Crippen LogP) is 2.21. The predicted molar refractivity (Wildman–Crippen MR) is 70.9 cm³/mol. The fraction of sp³-hybridized carbons (Fsp3) is 0.357.